The van der Waals surface area contributed by atoms with Gasteiger partial charge in [0.25, 0.3) is 0 Å². The molecule has 0 unspecified atom stereocenters. The second-order valence-electron chi connectivity index (χ2n) is 13.6. The van der Waals surface area contributed by atoms with Crippen LogP contribution in [0.25, 0.3) is 105 Å². The topological polar surface area (TPSA) is 56.7 Å². The fourth-order valence-corrected chi connectivity index (χ4v) is 8.07. The average molecular weight is 691 g/mol. The summed E-state index contributed by atoms with van der Waals surface area (Å²) in [6, 6.07) is 59.5. The molecule has 0 aliphatic heterocycles. The van der Waals surface area contributed by atoms with Crippen molar-refractivity contribution in [3.63, 3.8) is 0 Å². The fourth-order valence-electron chi connectivity index (χ4n) is 8.07. The lowest BCUT2D eigenvalue weighted by atomic mass is 9.95. The van der Waals surface area contributed by atoms with Gasteiger partial charge in [0.2, 0.25) is 0 Å². The molecule has 11 aromatic rings. The number of benzene rings is 6. The summed E-state index contributed by atoms with van der Waals surface area (Å²) in [5.41, 5.74) is 12.9. The lowest BCUT2D eigenvalue weighted by molar-refractivity contribution is 0.672. The predicted octanol–water partition coefficient (Wildman–Crippen LogP) is 12.7. The molecule has 5 heterocycles. The van der Waals surface area contributed by atoms with Crippen LogP contribution in [0.4, 0.5) is 0 Å². The number of hydrogen-bond donors (Lipinski definition) is 0. The Morgan fingerprint density at radius 1 is 0.407 bits per heavy atom. The molecule has 54 heavy (non-hydrogen) atoms. The molecule has 0 amide bonds. The first-order chi connectivity index (χ1) is 26.8. The van der Waals surface area contributed by atoms with Crippen molar-refractivity contribution in [2.24, 2.45) is 0 Å². The van der Waals surface area contributed by atoms with E-state index in [0.717, 1.165) is 83.4 Å². The lowest BCUT2D eigenvalue weighted by Gasteiger charge is -2.13. The Balaban J connectivity index is 1.10. The molecule has 5 aromatic heterocycles. The van der Waals surface area contributed by atoms with E-state index in [1.165, 1.54) is 21.8 Å². The summed E-state index contributed by atoms with van der Waals surface area (Å²) in [5.74, 6) is 0. The van der Waals surface area contributed by atoms with Crippen LogP contribution in [0.2, 0.25) is 0 Å². The number of aromatic nitrogens is 4. The van der Waals surface area contributed by atoms with Crippen molar-refractivity contribution >= 4 is 54.5 Å². The summed E-state index contributed by atoms with van der Waals surface area (Å²) in [6.45, 7) is 0. The maximum Gasteiger partial charge on any atom is 0.143 e. The minimum Gasteiger partial charge on any atom is -0.455 e. The van der Waals surface area contributed by atoms with E-state index < -0.39 is 0 Å². The molecule has 0 fully saturated rings. The summed E-state index contributed by atoms with van der Waals surface area (Å²) in [6.07, 6.45) is 3.60. The molecule has 11 rings (SSSR count). The molecule has 0 N–H and O–H groups in total. The Bertz CT molecular complexity index is 3090. The Kier molecular flexibility index (Phi) is 6.79. The molecule has 6 aromatic carbocycles. The van der Waals surface area contributed by atoms with Gasteiger partial charge in [-0.25, -0.2) is 4.98 Å². The molecule has 0 aliphatic carbocycles. The van der Waals surface area contributed by atoms with E-state index in [1.54, 1.807) is 12.4 Å². The van der Waals surface area contributed by atoms with Gasteiger partial charge in [0, 0.05) is 44.7 Å². The van der Waals surface area contributed by atoms with Crippen molar-refractivity contribution in [1.29, 1.82) is 0 Å². The quantitative estimate of drug-likeness (QED) is 0.180. The van der Waals surface area contributed by atoms with Gasteiger partial charge in [-0.05, 0) is 82.9 Å². The summed E-state index contributed by atoms with van der Waals surface area (Å²) in [4.78, 5) is 14.2. The van der Waals surface area contributed by atoms with Gasteiger partial charge in [-0.15, -0.1) is 0 Å². The van der Waals surface area contributed by atoms with Gasteiger partial charge in [-0.1, -0.05) is 109 Å². The lowest BCUT2D eigenvalue weighted by Crippen LogP contribution is -1.95. The molecule has 0 aliphatic rings. The van der Waals surface area contributed by atoms with Gasteiger partial charge in [0.15, 0.2) is 0 Å². The van der Waals surface area contributed by atoms with E-state index in [1.807, 2.05) is 36.4 Å². The predicted molar refractivity (Wildman–Crippen MR) is 221 cm³/mol. The van der Waals surface area contributed by atoms with Gasteiger partial charge in [-0.3, -0.25) is 9.97 Å². The number of furan rings is 1. The summed E-state index contributed by atoms with van der Waals surface area (Å²) in [7, 11) is 0. The maximum atomic E-state index is 6.75. The minimum absolute atomic E-state index is 0.804. The number of pyridine rings is 3. The summed E-state index contributed by atoms with van der Waals surface area (Å²) >= 11 is 0. The van der Waals surface area contributed by atoms with Crippen molar-refractivity contribution in [2.45, 2.75) is 0 Å². The highest BCUT2D eigenvalue weighted by Gasteiger charge is 2.20. The normalized spacial score (nSPS) is 11.7. The second kappa shape index (κ2) is 12.1. The number of hydrogen-bond acceptors (Lipinski definition) is 4. The van der Waals surface area contributed by atoms with Gasteiger partial charge in [-0.2, -0.15) is 0 Å². The molecule has 252 valence electrons. The number of fused-ring (bicyclic) bond motifs is 8. The Morgan fingerprint density at radius 3 is 1.61 bits per heavy atom. The summed E-state index contributed by atoms with van der Waals surface area (Å²) in [5, 5.41) is 6.91. The van der Waals surface area contributed by atoms with Crippen molar-refractivity contribution in [3.8, 4) is 50.7 Å². The number of nitrogens with zero attached hydrogens (tertiary/aromatic N) is 4. The highest BCUT2D eigenvalue weighted by molar-refractivity contribution is 6.22. The molecule has 5 heteroatoms. The zero-order valence-electron chi connectivity index (χ0n) is 29.0. The number of para-hydroxylation sites is 2. The van der Waals surface area contributed by atoms with E-state index in [-0.39, 0.29) is 0 Å². The van der Waals surface area contributed by atoms with Gasteiger partial charge in [0.1, 0.15) is 11.2 Å². The highest BCUT2D eigenvalue weighted by Crippen LogP contribution is 2.43. The Labute approximate surface area is 310 Å². The van der Waals surface area contributed by atoms with Crippen molar-refractivity contribution in [1.82, 2.24) is 19.5 Å². The van der Waals surface area contributed by atoms with Crippen LogP contribution in [-0.4, -0.2) is 19.5 Å². The minimum atomic E-state index is 0.804. The van der Waals surface area contributed by atoms with E-state index in [0.29, 0.717) is 0 Å². The third-order valence-corrected chi connectivity index (χ3v) is 10.5. The van der Waals surface area contributed by atoms with Crippen LogP contribution in [0.1, 0.15) is 0 Å². The molecule has 0 atom stereocenters. The van der Waals surface area contributed by atoms with Crippen LogP contribution in [0, 0.1) is 0 Å². The van der Waals surface area contributed by atoms with E-state index in [4.69, 9.17) is 9.40 Å². The van der Waals surface area contributed by atoms with E-state index in [2.05, 4.69) is 148 Å². The van der Waals surface area contributed by atoms with E-state index in [9.17, 15) is 0 Å². The van der Waals surface area contributed by atoms with Crippen molar-refractivity contribution in [3.05, 3.63) is 182 Å². The molecule has 0 spiro atoms. The Hall–Kier alpha value is -7.37. The SMILES string of the molecule is c1ccc(-c2cc(-c3ccc(-c4cccc5oc6c7ccccc7c(-n7c8ccccc8c8ccccc87)cc6c45)cc3)cc(-c3ccccn3)n2)nc1. The van der Waals surface area contributed by atoms with Crippen LogP contribution in [-0.2, 0) is 0 Å². The Morgan fingerprint density at radius 2 is 0.981 bits per heavy atom. The fraction of sp³-hybridized carbons (Fsp3) is 0. The maximum absolute atomic E-state index is 6.75. The molecular formula is C49H30N4O. The number of rotatable bonds is 5. The first-order valence-corrected chi connectivity index (χ1v) is 18.1. The largest absolute Gasteiger partial charge is 0.455 e. The third kappa shape index (κ3) is 4.76. The van der Waals surface area contributed by atoms with Crippen LogP contribution >= 0.6 is 0 Å². The van der Waals surface area contributed by atoms with E-state index >= 15 is 0 Å². The van der Waals surface area contributed by atoms with Crippen LogP contribution < -0.4 is 0 Å². The third-order valence-electron chi connectivity index (χ3n) is 10.5. The molecule has 5 nitrogen and oxygen atoms in total. The van der Waals surface area contributed by atoms with Crippen molar-refractivity contribution < 1.29 is 4.42 Å². The van der Waals surface area contributed by atoms with Crippen molar-refractivity contribution in [2.75, 3.05) is 0 Å². The molecular weight excluding hydrogens is 661 g/mol. The first-order valence-electron chi connectivity index (χ1n) is 18.1. The van der Waals surface area contributed by atoms with Gasteiger partial charge < -0.3 is 8.98 Å². The molecule has 0 saturated heterocycles. The summed E-state index contributed by atoms with van der Waals surface area (Å²) < 4.78 is 9.16. The van der Waals surface area contributed by atoms with Crippen LogP contribution in [0.3, 0.4) is 0 Å². The highest BCUT2D eigenvalue weighted by atomic mass is 16.3. The monoisotopic (exact) mass is 690 g/mol. The first kappa shape index (κ1) is 30.3. The average Bonchev–Trinajstić information content (AvgIpc) is 3.80. The van der Waals surface area contributed by atoms with Crippen LogP contribution in [0.5, 0.6) is 0 Å². The molecule has 0 bridgehead atoms. The zero-order chi connectivity index (χ0) is 35.6. The standard InChI is InChI=1S/C49H30N4O/c1-2-15-38-37(14-1)46(53-44-19-5-3-12-35(44)36-13-4-6-20-45(36)53)30-39-48-34(16-11-21-47(48)54-49(38)39)32-24-22-31(23-25-32)33-28-42(40-17-7-9-26-50-40)52-43(29-33)41-18-8-10-27-51-41/h1-30H. The smallest absolute Gasteiger partial charge is 0.143 e. The zero-order valence-corrected chi connectivity index (χ0v) is 29.0. The second-order valence-corrected chi connectivity index (χ2v) is 13.6. The van der Waals surface area contributed by atoms with Gasteiger partial charge in [0.05, 0.1) is 39.5 Å². The van der Waals surface area contributed by atoms with Crippen LogP contribution in [0.15, 0.2) is 187 Å². The molecule has 0 saturated carbocycles. The van der Waals surface area contributed by atoms with Gasteiger partial charge >= 0.3 is 0 Å². The molecule has 0 radical (unpaired) electrons.